The minimum atomic E-state index is -0.797. The van der Waals surface area contributed by atoms with Crippen LogP contribution in [-0.2, 0) is 24.3 Å². The molecule has 0 aliphatic heterocycles. The van der Waals surface area contributed by atoms with Gasteiger partial charge in [0.1, 0.15) is 0 Å². The number of alkyl halides is 3. The molecule has 0 unspecified atom stereocenters. The van der Waals surface area contributed by atoms with Gasteiger partial charge in [-0.05, 0) is 67.8 Å². The number of halogens is 3. The molecule has 44 valence electrons. The maximum Gasteiger partial charge on any atom is 0.339 e. The zero-order chi connectivity index (χ0) is 6.08. The monoisotopic (exact) mass is 502 g/mol. The van der Waals surface area contributed by atoms with Gasteiger partial charge in [-0.3, -0.25) is 0 Å². The Morgan fingerprint density at radius 1 is 1.38 bits per heavy atom. The van der Waals surface area contributed by atoms with Crippen LogP contribution in [0.3, 0.4) is 0 Å². The molecular formula is C2HI3O2Zn. The van der Waals surface area contributed by atoms with Gasteiger partial charge >= 0.3 is 5.97 Å². The third-order valence-corrected chi connectivity index (χ3v) is 1.63. The average molecular weight is 503 g/mol. The maximum absolute atomic E-state index is 10.00. The van der Waals surface area contributed by atoms with Crippen molar-refractivity contribution in [2.75, 3.05) is 0 Å². The normalized spacial score (nSPS) is 9.88. The van der Waals surface area contributed by atoms with E-state index in [0.29, 0.717) is 0 Å². The molecule has 0 aromatic heterocycles. The van der Waals surface area contributed by atoms with Gasteiger partial charge in [-0.2, -0.15) is 0 Å². The number of rotatable bonds is 1. The zero-order valence-corrected chi connectivity index (χ0v) is 13.1. The summed E-state index contributed by atoms with van der Waals surface area (Å²) in [5.41, 5.74) is 0. The summed E-state index contributed by atoms with van der Waals surface area (Å²) in [5.74, 6) is -0.797. The Hall–Kier alpha value is 2.28. The second-order valence-electron chi connectivity index (χ2n) is 0.803. The molecule has 0 radical (unpaired) electrons. The van der Waals surface area contributed by atoms with E-state index in [9.17, 15) is 4.79 Å². The molecule has 2 nitrogen and oxygen atoms in total. The van der Waals surface area contributed by atoms with Crippen LogP contribution in [0.2, 0.25) is 0 Å². The molecule has 0 heterocycles. The van der Waals surface area contributed by atoms with E-state index < -0.39 is 5.40 Å². The van der Waals surface area contributed by atoms with Crippen molar-refractivity contribution in [2.45, 2.75) is -0.565 Å². The predicted octanol–water partition coefficient (Wildman–Crippen LogP) is 2.03. The van der Waals surface area contributed by atoms with Gasteiger partial charge in [0, 0.05) is 19.5 Å². The summed E-state index contributed by atoms with van der Waals surface area (Å²) in [6.45, 7) is 0. The van der Waals surface area contributed by atoms with Crippen molar-refractivity contribution in [2.24, 2.45) is 0 Å². The Labute approximate surface area is 101 Å². The third kappa shape index (κ3) is 6.40. The van der Waals surface area contributed by atoms with Crippen molar-refractivity contribution >= 4 is 73.7 Å². The Morgan fingerprint density at radius 2 is 1.50 bits per heavy atom. The topological polar surface area (TPSA) is 37.3 Å². The van der Waals surface area contributed by atoms with E-state index in [1.54, 1.807) is 0 Å². The van der Waals surface area contributed by atoms with Crippen LogP contribution in [0.4, 0.5) is 0 Å². The summed E-state index contributed by atoms with van der Waals surface area (Å²) < 4.78 is -0.673. The Bertz CT molecular complexity index is 87.8. The van der Waals surface area contributed by atoms with Crippen molar-refractivity contribution < 1.29 is 29.4 Å². The van der Waals surface area contributed by atoms with Crippen molar-refractivity contribution in [1.82, 2.24) is 0 Å². The second-order valence-corrected chi connectivity index (χ2v) is 11.8. The molecule has 0 rings (SSSR count). The van der Waals surface area contributed by atoms with E-state index in [2.05, 4.69) is 0 Å². The van der Waals surface area contributed by atoms with E-state index in [1.165, 1.54) is 0 Å². The Kier molecular flexibility index (Phi) is 8.08. The molecule has 0 fully saturated rings. The van der Waals surface area contributed by atoms with Crippen LogP contribution in [0, 0.1) is 0 Å². The van der Waals surface area contributed by atoms with Crippen LogP contribution >= 0.6 is 67.8 Å². The molecule has 0 amide bonds. The van der Waals surface area contributed by atoms with E-state index in [1.807, 2.05) is 67.8 Å². The molecule has 0 aromatic rings. The summed E-state index contributed by atoms with van der Waals surface area (Å²) in [5, 5.41) is 8.23. The quantitative estimate of drug-likeness (QED) is 0.338. The van der Waals surface area contributed by atoms with Gasteiger partial charge in [0.2, 0.25) is -0.565 Å². The number of aliphatic carboxylic acids is 1. The molecular weight excluding hydrogens is 502 g/mol. The summed E-state index contributed by atoms with van der Waals surface area (Å²) >= 11 is 5.52. The van der Waals surface area contributed by atoms with Crippen LogP contribution in [0.1, 0.15) is 0 Å². The molecule has 8 heavy (non-hydrogen) atoms. The largest absolute Gasteiger partial charge is 0.479 e. The van der Waals surface area contributed by atoms with E-state index in [-0.39, 0.29) is 19.5 Å². The SMILES string of the molecule is O=C(O)C(I)(I)I.[Zn]. The molecule has 6 heteroatoms. The van der Waals surface area contributed by atoms with Crippen LogP contribution in [-0.4, -0.2) is 10.5 Å². The van der Waals surface area contributed by atoms with Gasteiger partial charge in [-0.25, -0.2) is 4.79 Å². The number of carbonyl (C=O) groups is 1. The van der Waals surface area contributed by atoms with Gasteiger partial charge in [0.05, 0.1) is 0 Å². The summed E-state index contributed by atoms with van der Waals surface area (Å²) in [4.78, 5) is 10.00. The van der Waals surface area contributed by atoms with Crippen molar-refractivity contribution in [1.29, 1.82) is 0 Å². The fraction of sp³-hybridized carbons (Fsp3) is 0.500. The fourth-order valence-electron chi connectivity index (χ4n) is 0. The van der Waals surface area contributed by atoms with E-state index >= 15 is 0 Å². The first-order valence-electron chi connectivity index (χ1n) is 1.24. The minimum absolute atomic E-state index is 0. The fourth-order valence-corrected chi connectivity index (χ4v) is 0. The minimum Gasteiger partial charge on any atom is -0.479 e. The molecule has 0 aromatic carbocycles. The first-order chi connectivity index (χ1) is 2.94. The summed E-state index contributed by atoms with van der Waals surface area (Å²) in [7, 11) is 0. The molecule has 0 saturated carbocycles. The number of carboxylic acids is 1. The summed E-state index contributed by atoms with van der Waals surface area (Å²) in [6.07, 6.45) is 0. The smallest absolute Gasteiger partial charge is 0.339 e. The second kappa shape index (κ2) is 5.00. The van der Waals surface area contributed by atoms with Crippen LogP contribution in [0.5, 0.6) is 0 Å². The standard InChI is InChI=1S/C2HI3O2.Zn/c3-2(4,5)1(6)7;/h(H,6,7);. The van der Waals surface area contributed by atoms with E-state index in [0.717, 1.165) is 0 Å². The summed E-state index contributed by atoms with van der Waals surface area (Å²) in [6, 6.07) is 0. The molecule has 0 saturated heterocycles. The Morgan fingerprint density at radius 3 is 1.50 bits per heavy atom. The molecule has 0 bridgehead atoms. The zero-order valence-electron chi connectivity index (χ0n) is 3.70. The van der Waals surface area contributed by atoms with Gasteiger partial charge in [-0.1, -0.05) is 0 Å². The van der Waals surface area contributed by atoms with Crippen LogP contribution in [0.25, 0.3) is 0 Å². The molecule has 0 spiro atoms. The van der Waals surface area contributed by atoms with Crippen LogP contribution in [0.15, 0.2) is 0 Å². The number of hydrogen-bond acceptors (Lipinski definition) is 1. The van der Waals surface area contributed by atoms with Crippen molar-refractivity contribution in [3.05, 3.63) is 0 Å². The first-order valence-corrected chi connectivity index (χ1v) is 4.48. The van der Waals surface area contributed by atoms with Gasteiger partial charge in [-0.15, -0.1) is 0 Å². The maximum atomic E-state index is 10.00. The van der Waals surface area contributed by atoms with Gasteiger partial charge in [0.25, 0.3) is 0 Å². The molecule has 0 aliphatic rings. The average Bonchev–Trinajstić information content (AvgIpc) is 1.31. The first kappa shape index (κ1) is 12.9. The number of carboxylic acid groups (broad SMARTS) is 1. The molecule has 1 N–H and O–H groups in total. The van der Waals surface area contributed by atoms with E-state index in [4.69, 9.17) is 5.11 Å². The van der Waals surface area contributed by atoms with Gasteiger partial charge in [0.15, 0.2) is 0 Å². The molecule has 0 atom stereocenters. The van der Waals surface area contributed by atoms with Crippen LogP contribution < -0.4 is 0 Å². The molecule has 0 aliphatic carbocycles. The number of hydrogen-bond donors (Lipinski definition) is 1. The Balaban J connectivity index is 0. The van der Waals surface area contributed by atoms with Crippen molar-refractivity contribution in [3.63, 3.8) is 0 Å². The predicted molar refractivity (Wildman–Crippen MR) is 52.4 cm³/mol. The van der Waals surface area contributed by atoms with Gasteiger partial charge < -0.3 is 5.11 Å². The third-order valence-electron chi connectivity index (χ3n) is 0.243. The van der Waals surface area contributed by atoms with Crippen molar-refractivity contribution in [3.8, 4) is 0 Å².